The largest absolute Gasteiger partial charge is 0.487 e. The summed E-state index contributed by atoms with van der Waals surface area (Å²) in [6.45, 7) is 4.64. The standard InChI is InChI=1S/C16H21ClN2O4/c1-4-22-16(21)10-18(3)15(20)9-19-8-11(2)23-14-6-5-12(17)7-13(14)19/h5-7,11H,4,8-10H2,1-3H3/t11-/m0/s1. The Morgan fingerprint density at radius 3 is 2.91 bits per heavy atom. The van der Waals surface area contributed by atoms with Gasteiger partial charge in [0.2, 0.25) is 5.91 Å². The molecule has 6 nitrogen and oxygen atoms in total. The van der Waals surface area contributed by atoms with Crippen LogP contribution in [0.5, 0.6) is 5.75 Å². The number of likely N-dealkylation sites (N-methyl/N-ethyl adjacent to an activating group) is 1. The van der Waals surface area contributed by atoms with E-state index in [4.69, 9.17) is 21.1 Å². The van der Waals surface area contributed by atoms with E-state index in [1.54, 1.807) is 32.2 Å². The number of rotatable bonds is 5. The molecule has 0 N–H and O–H groups in total. The molecule has 0 saturated carbocycles. The van der Waals surface area contributed by atoms with Gasteiger partial charge >= 0.3 is 5.97 Å². The molecule has 0 radical (unpaired) electrons. The lowest BCUT2D eigenvalue weighted by atomic mass is 10.2. The van der Waals surface area contributed by atoms with Crippen molar-refractivity contribution < 1.29 is 19.1 Å². The molecule has 1 heterocycles. The summed E-state index contributed by atoms with van der Waals surface area (Å²) in [4.78, 5) is 27.1. The van der Waals surface area contributed by atoms with Gasteiger partial charge in [-0.05, 0) is 32.0 Å². The van der Waals surface area contributed by atoms with Gasteiger partial charge in [-0.25, -0.2) is 0 Å². The molecule has 126 valence electrons. The first kappa shape index (κ1) is 17.4. The lowest BCUT2D eigenvalue weighted by Gasteiger charge is -2.35. The molecule has 2 rings (SSSR count). The average molecular weight is 341 g/mol. The summed E-state index contributed by atoms with van der Waals surface area (Å²) in [7, 11) is 1.59. The molecule has 0 fully saturated rings. The third-order valence-corrected chi connectivity index (χ3v) is 3.73. The maximum absolute atomic E-state index is 12.4. The molecule has 1 aromatic carbocycles. The third-order valence-electron chi connectivity index (χ3n) is 3.49. The molecule has 0 bridgehead atoms. The normalized spacial score (nSPS) is 16.3. The zero-order chi connectivity index (χ0) is 17.0. The number of halogens is 1. The topological polar surface area (TPSA) is 59.1 Å². The van der Waals surface area contributed by atoms with Gasteiger partial charge in [0.25, 0.3) is 0 Å². The van der Waals surface area contributed by atoms with E-state index in [2.05, 4.69) is 0 Å². The van der Waals surface area contributed by atoms with Gasteiger partial charge in [-0.1, -0.05) is 11.6 Å². The predicted octanol–water partition coefficient (Wildman–Crippen LogP) is 1.95. The number of hydrogen-bond donors (Lipinski definition) is 0. The van der Waals surface area contributed by atoms with Crippen LogP contribution in [0.25, 0.3) is 0 Å². The Kier molecular flexibility index (Phi) is 5.71. The molecule has 1 aromatic rings. The van der Waals surface area contributed by atoms with Crippen molar-refractivity contribution in [3.63, 3.8) is 0 Å². The number of benzene rings is 1. The highest BCUT2D eigenvalue weighted by atomic mass is 35.5. The van der Waals surface area contributed by atoms with Crippen molar-refractivity contribution in [1.29, 1.82) is 0 Å². The molecule has 7 heteroatoms. The summed E-state index contributed by atoms with van der Waals surface area (Å²) in [6.07, 6.45) is -0.0353. The van der Waals surface area contributed by atoms with E-state index < -0.39 is 5.97 Å². The highest BCUT2D eigenvalue weighted by molar-refractivity contribution is 6.31. The molecule has 1 aliphatic rings. The zero-order valence-corrected chi connectivity index (χ0v) is 14.3. The van der Waals surface area contributed by atoms with E-state index in [0.29, 0.717) is 23.9 Å². The molecule has 0 aliphatic carbocycles. The maximum Gasteiger partial charge on any atom is 0.325 e. The van der Waals surface area contributed by atoms with E-state index in [9.17, 15) is 9.59 Å². The Morgan fingerprint density at radius 2 is 2.22 bits per heavy atom. The van der Waals surface area contributed by atoms with E-state index >= 15 is 0 Å². The fraction of sp³-hybridized carbons (Fsp3) is 0.500. The minimum Gasteiger partial charge on any atom is -0.487 e. The first-order valence-electron chi connectivity index (χ1n) is 7.51. The second-order valence-corrected chi connectivity index (χ2v) is 5.91. The van der Waals surface area contributed by atoms with Crippen LogP contribution < -0.4 is 9.64 Å². The summed E-state index contributed by atoms with van der Waals surface area (Å²) in [6, 6.07) is 5.33. The summed E-state index contributed by atoms with van der Waals surface area (Å²) < 4.78 is 10.6. The number of amides is 1. The van der Waals surface area contributed by atoms with Gasteiger partial charge < -0.3 is 19.3 Å². The van der Waals surface area contributed by atoms with Crippen LogP contribution in [0.4, 0.5) is 5.69 Å². The Bertz CT molecular complexity index is 593. The summed E-state index contributed by atoms with van der Waals surface area (Å²) in [5.74, 6) is 0.120. The fourth-order valence-electron chi connectivity index (χ4n) is 2.42. The van der Waals surface area contributed by atoms with Gasteiger partial charge in [0.05, 0.1) is 25.4 Å². The van der Waals surface area contributed by atoms with Crippen LogP contribution in [-0.4, -0.2) is 56.2 Å². The number of carbonyl (C=O) groups is 2. The second-order valence-electron chi connectivity index (χ2n) is 5.48. The first-order valence-corrected chi connectivity index (χ1v) is 7.89. The lowest BCUT2D eigenvalue weighted by molar-refractivity contribution is -0.147. The van der Waals surface area contributed by atoms with Crippen molar-refractivity contribution in [3.8, 4) is 5.75 Å². The molecular weight excluding hydrogens is 320 g/mol. The third kappa shape index (κ3) is 4.51. The smallest absolute Gasteiger partial charge is 0.325 e. The van der Waals surface area contributed by atoms with Gasteiger partial charge in [0, 0.05) is 12.1 Å². The Hall–Kier alpha value is -1.95. The van der Waals surface area contributed by atoms with Gasteiger partial charge in [-0.15, -0.1) is 0 Å². The zero-order valence-electron chi connectivity index (χ0n) is 13.5. The molecule has 1 aliphatic heterocycles. The average Bonchev–Trinajstić information content (AvgIpc) is 2.48. The van der Waals surface area contributed by atoms with Crippen LogP contribution in [0.1, 0.15) is 13.8 Å². The van der Waals surface area contributed by atoms with E-state index in [-0.39, 0.29) is 25.1 Å². The first-order chi connectivity index (χ1) is 10.9. The van der Waals surface area contributed by atoms with Gasteiger partial charge in [0.1, 0.15) is 18.4 Å². The molecule has 23 heavy (non-hydrogen) atoms. The van der Waals surface area contributed by atoms with Crippen LogP contribution in [0.2, 0.25) is 5.02 Å². The minimum absolute atomic E-state index is 0.0353. The van der Waals surface area contributed by atoms with E-state index in [0.717, 1.165) is 5.69 Å². The molecule has 0 aromatic heterocycles. The number of anilines is 1. The maximum atomic E-state index is 12.4. The number of ether oxygens (including phenoxy) is 2. The van der Waals surface area contributed by atoms with Crippen molar-refractivity contribution in [1.82, 2.24) is 4.90 Å². The lowest BCUT2D eigenvalue weighted by Crippen LogP contribution is -2.45. The van der Waals surface area contributed by atoms with E-state index in [1.165, 1.54) is 4.90 Å². The Morgan fingerprint density at radius 1 is 1.48 bits per heavy atom. The Labute approximate surface area is 140 Å². The number of carbonyl (C=O) groups excluding carboxylic acids is 2. The van der Waals surface area contributed by atoms with Gasteiger partial charge in [-0.2, -0.15) is 0 Å². The van der Waals surface area contributed by atoms with Crippen molar-refractivity contribution >= 4 is 29.2 Å². The van der Waals surface area contributed by atoms with Crippen LogP contribution in [0.15, 0.2) is 18.2 Å². The number of nitrogens with zero attached hydrogens (tertiary/aromatic N) is 2. The SMILES string of the molecule is CCOC(=O)CN(C)C(=O)CN1C[C@H](C)Oc2ccc(Cl)cc21. The predicted molar refractivity (Wildman–Crippen MR) is 88.0 cm³/mol. The van der Waals surface area contributed by atoms with Crippen LogP contribution in [0, 0.1) is 0 Å². The summed E-state index contributed by atoms with van der Waals surface area (Å²) in [5.41, 5.74) is 0.786. The van der Waals surface area contributed by atoms with Crippen molar-refractivity contribution in [2.75, 3.05) is 38.2 Å². The van der Waals surface area contributed by atoms with Crippen molar-refractivity contribution in [2.45, 2.75) is 20.0 Å². The molecule has 0 spiro atoms. The highest BCUT2D eigenvalue weighted by Gasteiger charge is 2.26. The molecule has 1 atom stereocenters. The van der Waals surface area contributed by atoms with Crippen molar-refractivity contribution in [2.24, 2.45) is 0 Å². The number of hydrogen-bond acceptors (Lipinski definition) is 5. The highest BCUT2D eigenvalue weighted by Crippen LogP contribution is 2.35. The van der Waals surface area contributed by atoms with Crippen LogP contribution in [-0.2, 0) is 14.3 Å². The van der Waals surface area contributed by atoms with Crippen LogP contribution >= 0.6 is 11.6 Å². The molecule has 0 saturated heterocycles. The fourth-order valence-corrected chi connectivity index (χ4v) is 2.59. The van der Waals surface area contributed by atoms with Crippen molar-refractivity contribution in [3.05, 3.63) is 23.2 Å². The molecular formula is C16H21ClN2O4. The van der Waals surface area contributed by atoms with Gasteiger partial charge in [-0.3, -0.25) is 9.59 Å². The Balaban J connectivity index is 2.06. The second kappa shape index (κ2) is 7.55. The van der Waals surface area contributed by atoms with Crippen LogP contribution in [0.3, 0.4) is 0 Å². The minimum atomic E-state index is -0.415. The quantitative estimate of drug-likeness (QED) is 0.767. The monoisotopic (exact) mass is 340 g/mol. The molecule has 1 amide bonds. The summed E-state index contributed by atoms with van der Waals surface area (Å²) in [5, 5.41) is 0.583. The number of esters is 1. The molecule has 0 unspecified atom stereocenters. The van der Waals surface area contributed by atoms with Gasteiger partial charge in [0.15, 0.2) is 0 Å². The summed E-state index contributed by atoms with van der Waals surface area (Å²) >= 11 is 6.04. The van der Waals surface area contributed by atoms with E-state index in [1.807, 2.05) is 11.8 Å². The number of fused-ring (bicyclic) bond motifs is 1.